The maximum atomic E-state index is 6.20. The molecule has 0 atom stereocenters. The fourth-order valence-corrected chi connectivity index (χ4v) is 2.21. The van der Waals surface area contributed by atoms with Gasteiger partial charge in [-0.15, -0.1) is 5.10 Å². The van der Waals surface area contributed by atoms with Gasteiger partial charge in [0.25, 0.3) is 0 Å². The predicted molar refractivity (Wildman–Crippen MR) is 81.4 cm³/mol. The molecule has 5 nitrogen and oxygen atoms in total. The fourth-order valence-electron chi connectivity index (χ4n) is 2.02. The van der Waals surface area contributed by atoms with E-state index >= 15 is 0 Å². The minimum atomic E-state index is 0.718. The van der Waals surface area contributed by atoms with Gasteiger partial charge in [0.1, 0.15) is 6.33 Å². The number of unbranched alkanes of at least 4 members (excludes halogenated alkanes) is 4. The summed E-state index contributed by atoms with van der Waals surface area (Å²) in [4.78, 5) is 0. The number of hydrogen-bond acceptors (Lipinski definition) is 4. The van der Waals surface area contributed by atoms with Crippen molar-refractivity contribution in [2.24, 2.45) is 0 Å². The van der Waals surface area contributed by atoms with Crippen molar-refractivity contribution in [3.63, 3.8) is 0 Å². The SMILES string of the molecule is CCCCCCCNc1cc(-n2cnnn2)ccc1Cl. The number of benzene rings is 1. The summed E-state index contributed by atoms with van der Waals surface area (Å²) in [7, 11) is 0. The summed E-state index contributed by atoms with van der Waals surface area (Å²) in [6, 6.07) is 5.72. The van der Waals surface area contributed by atoms with Crippen LogP contribution in [0.3, 0.4) is 0 Å². The molecule has 1 aromatic carbocycles. The molecule has 2 aromatic rings. The first-order valence-corrected chi connectivity index (χ1v) is 7.46. The monoisotopic (exact) mass is 293 g/mol. The molecule has 0 amide bonds. The maximum absolute atomic E-state index is 6.20. The largest absolute Gasteiger partial charge is 0.384 e. The number of anilines is 1. The molecule has 2 rings (SSSR count). The zero-order chi connectivity index (χ0) is 14.2. The summed E-state index contributed by atoms with van der Waals surface area (Å²) in [6.07, 6.45) is 7.87. The van der Waals surface area contributed by atoms with Crippen molar-refractivity contribution in [1.82, 2.24) is 20.2 Å². The molecular weight excluding hydrogens is 274 g/mol. The predicted octanol–water partition coefficient (Wildman–Crippen LogP) is 3.70. The number of hydrogen-bond donors (Lipinski definition) is 1. The van der Waals surface area contributed by atoms with Gasteiger partial charge in [0.15, 0.2) is 0 Å². The third-order valence-electron chi connectivity index (χ3n) is 3.16. The number of nitrogens with zero attached hydrogens (tertiary/aromatic N) is 4. The molecule has 1 aromatic heterocycles. The van der Waals surface area contributed by atoms with Crippen molar-refractivity contribution in [3.8, 4) is 5.69 Å². The van der Waals surface area contributed by atoms with Gasteiger partial charge in [-0.25, -0.2) is 4.68 Å². The van der Waals surface area contributed by atoms with E-state index in [2.05, 4.69) is 27.8 Å². The van der Waals surface area contributed by atoms with Crippen LogP contribution in [0.4, 0.5) is 5.69 Å². The van der Waals surface area contributed by atoms with Gasteiger partial charge >= 0.3 is 0 Å². The van der Waals surface area contributed by atoms with Crippen LogP contribution >= 0.6 is 11.6 Å². The first kappa shape index (κ1) is 14.8. The summed E-state index contributed by atoms with van der Waals surface area (Å²) in [5.41, 5.74) is 1.82. The highest BCUT2D eigenvalue weighted by molar-refractivity contribution is 6.33. The zero-order valence-corrected chi connectivity index (χ0v) is 12.5. The molecule has 0 aliphatic heterocycles. The maximum Gasteiger partial charge on any atom is 0.143 e. The summed E-state index contributed by atoms with van der Waals surface area (Å²) in [6.45, 7) is 3.16. The molecule has 0 aliphatic rings. The van der Waals surface area contributed by atoms with Crippen molar-refractivity contribution in [2.45, 2.75) is 39.0 Å². The highest BCUT2D eigenvalue weighted by Gasteiger charge is 2.04. The van der Waals surface area contributed by atoms with E-state index in [-0.39, 0.29) is 0 Å². The number of tetrazole rings is 1. The van der Waals surface area contributed by atoms with Crippen molar-refractivity contribution >= 4 is 17.3 Å². The summed E-state index contributed by atoms with van der Waals surface area (Å²) in [5.74, 6) is 0. The molecule has 108 valence electrons. The van der Waals surface area contributed by atoms with Crippen LogP contribution in [-0.2, 0) is 0 Å². The Bertz CT molecular complexity index is 512. The van der Waals surface area contributed by atoms with Crippen LogP contribution in [0.25, 0.3) is 5.69 Å². The number of halogens is 1. The third-order valence-corrected chi connectivity index (χ3v) is 3.49. The quantitative estimate of drug-likeness (QED) is 0.754. The lowest BCUT2D eigenvalue weighted by molar-refractivity contribution is 0.645. The molecule has 20 heavy (non-hydrogen) atoms. The Morgan fingerprint density at radius 3 is 2.80 bits per heavy atom. The minimum Gasteiger partial charge on any atom is -0.384 e. The highest BCUT2D eigenvalue weighted by Crippen LogP contribution is 2.24. The van der Waals surface area contributed by atoms with Gasteiger partial charge in [0.05, 0.1) is 16.4 Å². The van der Waals surface area contributed by atoms with Gasteiger partial charge in [0, 0.05) is 6.54 Å². The lowest BCUT2D eigenvalue weighted by Gasteiger charge is -2.10. The van der Waals surface area contributed by atoms with E-state index in [9.17, 15) is 0 Å². The highest BCUT2D eigenvalue weighted by atomic mass is 35.5. The van der Waals surface area contributed by atoms with Crippen molar-refractivity contribution in [1.29, 1.82) is 0 Å². The molecule has 0 saturated heterocycles. The van der Waals surface area contributed by atoms with Crippen LogP contribution in [0.2, 0.25) is 5.02 Å². The van der Waals surface area contributed by atoms with Crippen LogP contribution in [0, 0.1) is 0 Å². The second-order valence-electron chi connectivity index (χ2n) is 4.76. The lowest BCUT2D eigenvalue weighted by Crippen LogP contribution is -2.03. The molecule has 0 radical (unpaired) electrons. The van der Waals surface area contributed by atoms with Crippen LogP contribution < -0.4 is 5.32 Å². The Morgan fingerprint density at radius 1 is 1.20 bits per heavy atom. The van der Waals surface area contributed by atoms with Gasteiger partial charge in [0.2, 0.25) is 0 Å². The number of rotatable bonds is 8. The van der Waals surface area contributed by atoms with E-state index in [1.165, 1.54) is 25.7 Å². The van der Waals surface area contributed by atoms with Gasteiger partial charge in [-0.3, -0.25) is 0 Å². The lowest BCUT2D eigenvalue weighted by atomic mass is 10.1. The van der Waals surface area contributed by atoms with E-state index < -0.39 is 0 Å². The van der Waals surface area contributed by atoms with Crippen molar-refractivity contribution in [2.75, 3.05) is 11.9 Å². The first-order valence-electron chi connectivity index (χ1n) is 7.08. The van der Waals surface area contributed by atoms with Gasteiger partial charge in [-0.1, -0.05) is 44.2 Å². The summed E-state index contributed by atoms with van der Waals surface area (Å²) in [5, 5.41) is 15.2. The molecule has 0 fully saturated rings. The second kappa shape index (κ2) is 7.85. The molecule has 0 unspecified atom stereocenters. The van der Waals surface area contributed by atoms with E-state index in [0.717, 1.165) is 29.4 Å². The Balaban J connectivity index is 1.89. The summed E-state index contributed by atoms with van der Waals surface area (Å²) < 4.78 is 1.61. The molecule has 0 spiro atoms. The molecule has 1 N–H and O–H groups in total. The Kier molecular flexibility index (Phi) is 5.80. The molecule has 0 saturated carbocycles. The molecule has 0 aliphatic carbocycles. The van der Waals surface area contributed by atoms with E-state index in [4.69, 9.17) is 11.6 Å². The fraction of sp³-hybridized carbons (Fsp3) is 0.500. The normalized spacial score (nSPS) is 10.7. The molecule has 0 bridgehead atoms. The molecular formula is C14H20ClN5. The molecule has 6 heteroatoms. The van der Waals surface area contributed by atoms with Gasteiger partial charge in [-0.2, -0.15) is 0 Å². The Labute approximate surface area is 124 Å². The standard InChI is InChI=1S/C14H20ClN5/c1-2-3-4-5-6-9-16-14-10-12(7-8-13(14)15)20-11-17-18-19-20/h7-8,10-11,16H,2-6,9H2,1H3. The van der Waals surface area contributed by atoms with Crippen molar-refractivity contribution in [3.05, 3.63) is 29.5 Å². The summed E-state index contributed by atoms with van der Waals surface area (Å²) >= 11 is 6.20. The van der Waals surface area contributed by atoms with Gasteiger partial charge in [-0.05, 0) is 35.0 Å². The molecule has 1 heterocycles. The van der Waals surface area contributed by atoms with Crippen LogP contribution in [0.1, 0.15) is 39.0 Å². The minimum absolute atomic E-state index is 0.718. The number of nitrogens with one attached hydrogen (secondary N) is 1. The van der Waals surface area contributed by atoms with Crippen LogP contribution in [0.15, 0.2) is 24.5 Å². The Morgan fingerprint density at radius 2 is 2.05 bits per heavy atom. The van der Waals surface area contributed by atoms with Crippen LogP contribution in [-0.4, -0.2) is 26.8 Å². The van der Waals surface area contributed by atoms with Crippen molar-refractivity contribution < 1.29 is 0 Å². The Hall–Kier alpha value is -1.62. The van der Waals surface area contributed by atoms with Gasteiger partial charge < -0.3 is 5.32 Å². The van der Waals surface area contributed by atoms with E-state index in [1.54, 1.807) is 11.0 Å². The van der Waals surface area contributed by atoms with Crippen LogP contribution in [0.5, 0.6) is 0 Å². The topological polar surface area (TPSA) is 55.6 Å². The smallest absolute Gasteiger partial charge is 0.143 e. The first-order chi connectivity index (χ1) is 9.81. The van der Waals surface area contributed by atoms with E-state index in [1.807, 2.05) is 18.2 Å². The number of aromatic nitrogens is 4. The van der Waals surface area contributed by atoms with E-state index in [0.29, 0.717) is 0 Å². The average molecular weight is 294 g/mol. The average Bonchev–Trinajstić information content (AvgIpc) is 2.98. The second-order valence-corrected chi connectivity index (χ2v) is 5.17. The third kappa shape index (κ3) is 4.20. The zero-order valence-electron chi connectivity index (χ0n) is 11.7.